The highest BCUT2D eigenvalue weighted by Gasteiger charge is 2.03. The largest absolute Gasteiger partial charge is 0.443 e. The molecule has 5 heteroatoms. The first kappa shape index (κ1) is 10.9. The van der Waals surface area contributed by atoms with Gasteiger partial charge in [0, 0.05) is 16.8 Å². The van der Waals surface area contributed by atoms with E-state index < -0.39 is 0 Å². The average Bonchev–Trinajstić information content (AvgIpc) is 2.80. The van der Waals surface area contributed by atoms with Crippen LogP contribution in [0.25, 0.3) is 11.1 Å². The molecule has 0 saturated heterocycles. The summed E-state index contributed by atoms with van der Waals surface area (Å²) < 4.78 is 5.24. The minimum absolute atomic E-state index is 0.597. The Morgan fingerprint density at radius 1 is 1.17 bits per heavy atom. The van der Waals surface area contributed by atoms with Crippen LogP contribution in [0.2, 0.25) is 5.02 Å². The molecule has 0 aliphatic heterocycles. The van der Waals surface area contributed by atoms with Crippen molar-refractivity contribution in [2.24, 2.45) is 0 Å². The molecule has 0 unspecified atom stereocenters. The van der Waals surface area contributed by atoms with Crippen LogP contribution in [0.15, 0.2) is 47.2 Å². The summed E-state index contributed by atoms with van der Waals surface area (Å²) in [5.41, 5.74) is 9.72. The number of fused-ring (bicyclic) bond motifs is 1. The zero-order valence-electron chi connectivity index (χ0n) is 9.35. The number of rotatable bonds is 2. The van der Waals surface area contributed by atoms with E-state index in [1.807, 2.05) is 24.3 Å². The molecule has 3 rings (SSSR count). The summed E-state index contributed by atoms with van der Waals surface area (Å²) in [6, 6.07) is 11.0. The molecule has 3 aromatic rings. The van der Waals surface area contributed by atoms with Crippen molar-refractivity contribution in [2.45, 2.75) is 0 Å². The Morgan fingerprint density at radius 2 is 2.06 bits per heavy atom. The zero-order chi connectivity index (χ0) is 12.5. The highest BCUT2D eigenvalue weighted by molar-refractivity contribution is 6.31. The second-order valence-electron chi connectivity index (χ2n) is 3.89. The fraction of sp³-hybridized carbons (Fsp3) is 0. The van der Waals surface area contributed by atoms with Gasteiger partial charge in [-0.15, -0.1) is 0 Å². The SMILES string of the molecule is Nc1cc(Cl)ccc1Nc1ccc2ncoc2c1. The third-order valence-electron chi connectivity index (χ3n) is 2.62. The Hall–Kier alpha value is -2.20. The van der Waals surface area contributed by atoms with Gasteiger partial charge < -0.3 is 15.5 Å². The quantitative estimate of drug-likeness (QED) is 0.687. The number of anilines is 3. The fourth-order valence-electron chi connectivity index (χ4n) is 1.74. The third kappa shape index (κ3) is 1.98. The van der Waals surface area contributed by atoms with Gasteiger partial charge in [0.2, 0.25) is 0 Å². The van der Waals surface area contributed by atoms with Crippen LogP contribution in [0.5, 0.6) is 0 Å². The maximum atomic E-state index is 5.88. The Bertz CT molecular complexity index is 708. The third-order valence-corrected chi connectivity index (χ3v) is 2.86. The summed E-state index contributed by atoms with van der Waals surface area (Å²) in [7, 11) is 0. The molecule has 4 nitrogen and oxygen atoms in total. The molecular formula is C13H10ClN3O. The fourth-order valence-corrected chi connectivity index (χ4v) is 1.92. The Kier molecular flexibility index (Phi) is 2.57. The van der Waals surface area contributed by atoms with Gasteiger partial charge in [-0.25, -0.2) is 4.98 Å². The first-order valence-electron chi connectivity index (χ1n) is 5.38. The lowest BCUT2D eigenvalue weighted by Gasteiger charge is -2.09. The molecule has 0 saturated carbocycles. The summed E-state index contributed by atoms with van der Waals surface area (Å²) in [6.45, 7) is 0. The number of nitrogens with zero attached hydrogens (tertiary/aromatic N) is 1. The van der Waals surface area contributed by atoms with E-state index in [9.17, 15) is 0 Å². The molecule has 1 aromatic heterocycles. The van der Waals surface area contributed by atoms with E-state index in [-0.39, 0.29) is 0 Å². The van der Waals surface area contributed by atoms with Crippen molar-refractivity contribution in [3.05, 3.63) is 47.8 Å². The maximum Gasteiger partial charge on any atom is 0.181 e. The summed E-state index contributed by atoms with van der Waals surface area (Å²) >= 11 is 5.85. The van der Waals surface area contributed by atoms with E-state index in [2.05, 4.69) is 10.3 Å². The summed E-state index contributed by atoms with van der Waals surface area (Å²) in [5.74, 6) is 0. The Morgan fingerprint density at radius 3 is 2.89 bits per heavy atom. The number of oxazole rings is 1. The number of hydrogen-bond donors (Lipinski definition) is 2. The number of aromatic nitrogens is 1. The van der Waals surface area contributed by atoms with Crippen LogP contribution < -0.4 is 11.1 Å². The van der Waals surface area contributed by atoms with Crippen molar-refractivity contribution in [1.29, 1.82) is 0 Å². The van der Waals surface area contributed by atoms with Crippen LogP contribution in [0, 0.1) is 0 Å². The van der Waals surface area contributed by atoms with Crippen LogP contribution in [0.1, 0.15) is 0 Å². The molecule has 0 aliphatic rings. The van der Waals surface area contributed by atoms with Crippen LogP contribution >= 0.6 is 11.6 Å². The highest BCUT2D eigenvalue weighted by Crippen LogP contribution is 2.27. The Labute approximate surface area is 108 Å². The van der Waals surface area contributed by atoms with E-state index in [1.54, 1.807) is 12.1 Å². The van der Waals surface area contributed by atoms with Gasteiger partial charge in [0.15, 0.2) is 12.0 Å². The second kappa shape index (κ2) is 4.23. The van der Waals surface area contributed by atoms with Crippen LogP contribution in [0.3, 0.4) is 0 Å². The van der Waals surface area contributed by atoms with Crippen molar-refractivity contribution in [3.8, 4) is 0 Å². The minimum atomic E-state index is 0.597. The van der Waals surface area contributed by atoms with Crippen molar-refractivity contribution < 1.29 is 4.42 Å². The van der Waals surface area contributed by atoms with E-state index in [4.69, 9.17) is 21.8 Å². The minimum Gasteiger partial charge on any atom is -0.443 e. The predicted molar refractivity (Wildman–Crippen MR) is 73.2 cm³/mol. The van der Waals surface area contributed by atoms with Gasteiger partial charge in [0.25, 0.3) is 0 Å². The molecule has 0 amide bonds. The van der Waals surface area contributed by atoms with Gasteiger partial charge in [0.1, 0.15) is 5.52 Å². The smallest absolute Gasteiger partial charge is 0.181 e. The van der Waals surface area contributed by atoms with Crippen LogP contribution in [-0.4, -0.2) is 4.98 Å². The van der Waals surface area contributed by atoms with Crippen LogP contribution in [-0.2, 0) is 0 Å². The van der Waals surface area contributed by atoms with Gasteiger partial charge in [0.05, 0.1) is 11.4 Å². The van der Waals surface area contributed by atoms with Crippen molar-refractivity contribution >= 4 is 39.8 Å². The highest BCUT2D eigenvalue weighted by atomic mass is 35.5. The molecule has 18 heavy (non-hydrogen) atoms. The molecule has 90 valence electrons. The molecule has 3 N–H and O–H groups in total. The van der Waals surface area contributed by atoms with E-state index in [0.29, 0.717) is 10.7 Å². The summed E-state index contributed by atoms with van der Waals surface area (Å²) in [6.07, 6.45) is 1.42. The lowest BCUT2D eigenvalue weighted by molar-refractivity contribution is 0.602. The van der Waals surface area contributed by atoms with E-state index in [0.717, 1.165) is 22.5 Å². The lowest BCUT2D eigenvalue weighted by Crippen LogP contribution is -1.95. The number of nitrogens with one attached hydrogen (secondary N) is 1. The van der Waals surface area contributed by atoms with Gasteiger partial charge in [-0.3, -0.25) is 0 Å². The average molecular weight is 260 g/mol. The molecule has 1 heterocycles. The zero-order valence-corrected chi connectivity index (χ0v) is 10.1. The number of nitrogen functional groups attached to an aromatic ring is 1. The second-order valence-corrected chi connectivity index (χ2v) is 4.33. The number of hydrogen-bond acceptors (Lipinski definition) is 4. The summed E-state index contributed by atoms with van der Waals surface area (Å²) in [4.78, 5) is 4.06. The van der Waals surface area contributed by atoms with Crippen molar-refractivity contribution in [1.82, 2.24) is 4.98 Å². The lowest BCUT2D eigenvalue weighted by atomic mass is 10.2. The molecule has 0 spiro atoms. The predicted octanol–water partition coefficient (Wildman–Crippen LogP) is 3.81. The van der Waals surface area contributed by atoms with E-state index >= 15 is 0 Å². The topological polar surface area (TPSA) is 64.1 Å². The first-order chi connectivity index (χ1) is 8.72. The first-order valence-corrected chi connectivity index (χ1v) is 5.75. The monoisotopic (exact) mass is 259 g/mol. The van der Waals surface area contributed by atoms with Gasteiger partial charge >= 0.3 is 0 Å². The van der Waals surface area contributed by atoms with E-state index in [1.165, 1.54) is 6.39 Å². The normalized spacial score (nSPS) is 10.7. The van der Waals surface area contributed by atoms with Crippen LogP contribution in [0.4, 0.5) is 17.1 Å². The van der Waals surface area contributed by atoms with Gasteiger partial charge in [-0.05, 0) is 30.3 Å². The molecular weight excluding hydrogens is 250 g/mol. The molecule has 0 aliphatic carbocycles. The number of nitrogens with two attached hydrogens (primary N) is 1. The van der Waals surface area contributed by atoms with Crippen molar-refractivity contribution in [3.63, 3.8) is 0 Å². The molecule has 2 aromatic carbocycles. The summed E-state index contributed by atoms with van der Waals surface area (Å²) in [5, 5.41) is 3.82. The maximum absolute atomic E-state index is 5.88. The molecule has 0 bridgehead atoms. The molecule has 0 radical (unpaired) electrons. The number of benzene rings is 2. The van der Waals surface area contributed by atoms with Gasteiger partial charge in [-0.2, -0.15) is 0 Å². The van der Waals surface area contributed by atoms with Crippen molar-refractivity contribution in [2.75, 3.05) is 11.1 Å². The standard InChI is InChI=1S/C13H10ClN3O/c14-8-1-3-11(10(15)5-8)17-9-2-4-12-13(6-9)18-7-16-12/h1-7,17H,15H2. The molecule has 0 fully saturated rings. The Balaban J connectivity index is 1.95. The molecule has 0 atom stereocenters. The number of halogens is 1. The van der Waals surface area contributed by atoms with Gasteiger partial charge in [-0.1, -0.05) is 11.6 Å².